The van der Waals surface area contributed by atoms with E-state index in [1.807, 2.05) is 11.9 Å². The SMILES string of the molecule is CN(C(=O)c1ccnc(-n2ccnc2)c1)C1CC1. The third-order valence-electron chi connectivity index (χ3n) is 3.18. The summed E-state index contributed by atoms with van der Waals surface area (Å²) in [5.41, 5.74) is 0.670. The van der Waals surface area contributed by atoms with Gasteiger partial charge in [-0.15, -0.1) is 0 Å². The molecule has 1 fully saturated rings. The predicted octanol–water partition coefficient (Wildman–Crippen LogP) is 1.50. The van der Waals surface area contributed by atoms with E-state index in [2.05, 4.69) is 9.97 Å². The van der Waals surface area contributed by atoms with Crippen LogP contribution in [-0.4, -0.2) is 38.4 Å². The van der Waals surface area contributed by atoms with Crippen LogP contribution in [0.25, 0.3) is 5.82 Å². The third kappa shape index (κ3) is 1.99. The maximum absolute atomic E-state index is 12.2. The molecule has 0 bridgehead atoms. The highest BCUT2D eigenvalue weighted by molar-refractivity contribution is 5.94. The molecule has 0 aliphatic heterocycles. The van der Waals surface area contributed by atoms with Crippen molar-refractivity contribution in [1.82, 2.24) is 19.4 Å². The average Bonchev–Trinajstić information content (AvgIpc) is 3.12. The summed E-state index contributed by atoms with van der Waals surface area (Å²) >= 11 is 0. The highest BCUT2D eigenvalue weighted by Crippen LogP contribution is 2.26. The molecule has 5 heteroatoms. The fourth-order valence-corrected chi connectivity index (χ4v) is 1.92. The summed E-state index contributed by atoms with van der Waals surface area (Å²) in [5, 5.41) is 0. The van der Waals surface area contributed by atoms with Gasteiger partial charge in [-0.25, -0.2) is 9.97 Å². The minimum Gasteiger partial charge on any atom is -0.339 e. The molecule has 0 unspecified atom stereocenters. The molecular formula is C13H14N4O. The summed E-state index contributed by atoms with van der Waals surface area (Å²) in [6, 6.07) is 3.97. The fourth-order valence-electron chi connectivity index (χ4n) is 1.92. The van der Waals surface area contributed by atoms with E-state index < -0.39 is 0 Å². The van der Waals surface area contributed by atoms with Crippen molar-refractivity contribution in [2.75, 3.05) is 7.05 Å². The van der Waals surface area contributed by atoms with Gasteiger partial charge in [-0.05, 0) is 25.0 Å². The molecule has 18 heavy (non-hydrogen) atoms. The van der Waals surface area contributed by atoms with Gasteiger partial charge in [-0.2, -0.15) is 0 Å². The summed E-state index contributed by atoms with van der Waals surface area (Å²) in [6.07, 6.45) is 9.04. The van der Waals surface area contributed by atoms with Crippen molar-refractivity contribution >= 4 is 5.91 Å². The Kier molecular flexibility index (Phi) is 2.59. The minimum absolute atomic E-state index is 0.0567. The number of hydrogen-bond acceptors (Lipinski definition) is 3. The Bertz CT molecular complexity index is 560. The van der Waals surface area contributed by atoms with Gasteiger partial charge in [0.15, 0.2) is 0 Å². The average molecular weight is 242 g/mol. The van der Waals surface area contributed by atoms with Gasteiger partial charge in [0.25, 0.3) is 5.91 Å². The van der Waals surface area contributed by atoms with E-state index in [9.17, 15) is 4.79 Å². The molecule has 0 atom stereocenters. The van der Waals surface area contributed by atoms with Crippen molar-refractivity contribution in [2.45, 2.75) is 18.9 Å². The van der Waals surface area contributed by atoms with Crippen molar-refractivity contribution < 1.29 is 4.79 Å². The van der Waals surface area contributed by atoms with Gasteiger partial charge in [0.2, 0.25) is 0 Å². The van der Waals surface area contributed by atoms with Crippen molar-refractivity contribution in [1.29, 1.82) is 0 Å². The second kappa shape index (κ2) is 4.25. The predicted molar refractivity (Wildman–Crippen MR) is 66.5 cm³/mol. The van der Waals surface area contributed by atoms with E-state index in [0.29, 0.717) is 17.4 Å². The second-order valence-electron chi connectivity index (χ2n) is 4.52. The van der Waals surface area contributed by atoms with Crippen LogP contribution in [0.2, 0.25) is 0 Å². The monoisotopic (exact) mass is 242 g/mol. The highest BCUT2D eigenvalue weighted by Gasteiger charge is 2.30. The van der Waals surface area contributed by atoms with Gasteiger partial charge in [0.1, 0.15) is 12.1 Å². The molecule has 2 aromatic heterocycles. The first-order chi connectivity index (χ1) is 8.75. The van der Waals surface area contributed by atoms with Crippen LogP contribution in [0.4, 0.5) is 0 Å². The Balaban J connectivity index is 1.88. The first-order valence-corrected chi connectivity index (χ1v) is 5.97. The van der Waals surface area contributed by atoms with E-state index in [1.54, 1.807) is 41.6 Å². The lowest BCUT2D eigenvalue weighted by Crippen LogP contribution is -2.28. The van der Waals surface area contributed by atoms with Crippen LogP contribution < -0.4 is 0 Å². The maximum Gasteiger partial charge on any atom is 0.254 e. The van der Waals surface area contributed by atoms with Crippen molar-refractivity contribution in [3.8, 4) is 5.82 Å². The first-order valence-electron chi connectivity index (χ1n) is 5.97. The number of imidazole rings is 1. The number of rotatable bonds is 3. The van der Waals surface area contributed by atoms with E-state index in [1.165, 1.54) is 0 Å². The van der Waals surface area contributed by atoms with Crippen molar-refractivity contribution in [3.63, 3.8) is 0 Å². The largest absolute Gasteiger partial charge is 0.339 e. The van der Waals surface area contributed by atoms with Crippen LogP contribution in [0.15, 0.2) is 37.1 Å². The molecule has 5 nitrogen and oxygen atoms in total. The lowest BCUT2D eigenvalue weighted by molar-refractivity contribution is 0.0785. The number of carbonyl (C=O) groups excluding carboxylic acids is 1. The number of carbonyl (C=O) groups is 1. The van der Waals surface area contributed by atoms with Crippen LogP contribution in [0.1, 0.15) is 23.2 Å². The number of nitrogens with zero attached hydrogens (tertiary/aromatic N) is 4. The Morgan fingerprint density at radius 1 is 1.44 bits per heavy atom. The third-order valence-corrected chi connectivity index (χ3v) is 3.18. The second-order valence-corrected chi connectivity index (χ2v) is 4.52. The summed E-state index contributed by atoms with van der Waals surface area (Å²) in [6.45, 7) is 0. The Hall–Kier alpha value is -2.17. The normalized spacial score (nSPS) is 14.5. The number of aromatic nitrogens is 3. The summed E-state index contributed by atoms with van der Waals surface area (Å²) in [7, 11) is 1.86. The standard InChI is InChI=1S/C13H14N4O/c1-16(11-2-3-11)13(18)10-4-5-15-12(8-10)17-7-6-14-9-17/h4-9,11H,2-3H2,1H3. The summed E-state index contributed by atoms with van der Waals surface area (Å²) in [5.74, 6) is 0.767. The first kappa shape index (κ1) is 11.0. The molecule has 0 saturated heterocycles. The van der Waals surface area contributed by atoms with Gasteiger partial charge >= 0.3 is 0 Å². The van der Waals surface area contributed by atoms with Crippen LogP contribution in [0, 0.1) is 0 Å². The Labute approximate surface area is 105 Å². The van der Waals surface area contributed by atoms with Gasteiger partial charge in [-0.1, -0.05) is 0 Å². The molecule has 0 radical (unpaired) electrons. The Morgan fingerprint density at radius 2 is 2.28 bits per heavy atom. The van der Waals surface area contributed by atoms with Crippen molar-refractivity contribution in [2.24, 2.45) is 0 Å². The van der Waals surface area contributed by atoms with Crippen LogP contribution in [-0.2, 0) is 0 Å². The van der Waals surface area contributed by atoms with Gasteiger partial charge in [0, 0.05) is 37.2 Å². The molecule has 1 amide bonds. The topological polar surface area (TPSA) is 51.0 Å². The molecule has 92 valence electrons. The number of pyridine rings is 1. The van der Waals surface area contributed by atoms with Crippen LogP contribution in [0.5, 0.6) is 0 Å². The molecule has 2 heterocycles. The molecule has 2 aromatic rings. The lowest BCUT2D eigenvalue weighted by Gasteiger charge is -2.16. The van der Waals surface area contributed by atoms with Gasteiger partial charge in [-0.3, -0.25) is 9.36 Å². The molecule has 0 spiro atoms. The number of amides is 1. The Morgan fingerprint density at radius 3 is 2.94 bits per heavy atom. The van der Waals surface area contributed by atoms with Crippen LogP contribution >= 0.6 is 0 Å². The van der Waals surface area contributed by atoms with Gasteiger partial charge < -0.3 is 4.90 Å². The highest BCUT2D eigenvalue weighted by atomic mass is 16.2. The van der Waals surface area contributed by atoms with Crippen molar-refractivity contribution in [3.05, 3.63) is 42.6 Å². The zero-order chi connectivity index (χ0) is 12.5. The zero-order valence-corrected chi connectivity index (χ0v) is 10.2. The number of hydrogen-bond donors (Lipinski definition) is 0. The van der Waals surface area contributed by atoms with E-state index in [-0.39, 0.29) is 5.91 Å². The summed E-state index contributed by atoms with van der Waals surface area (Å²) in [4.78, 5) is 22.2. The van der Waals surface area contributed by atoms with Crippen LogP contribution in [0.3, 0.4) is 0 Å². The molecule has 3 rings (SSSR count). The maximum atomic E-state index is 12.2. The zero-order valence-electron chi connectivity index (χ0n) is 10.2. The van der Waals surface area contributed by atoms with E-state index in [4.69, 9.17) is 0 Å². The quantitative estimate of drug-likeness (QED) is 0.819. The lowest BCUT2D eigenvalue weighted by atomic mass is 10.2. The molecule has 1 saturated carbocycles. The molecule has 1 aliphatic rings. The molecule has 0 aromatic carbocycles. The van der Waals surface area contributed by atoms with E-state index in [0.717, 1.165) is 12.8 Å². The molecular weight excluding hydrogens is 228 g/mol. The smallest absolute Gasteiger partial charge is 0.254 e. The minimum atomic E-state index is 0.0567. The van der Waals surface area contributed by atoms with E-state index >= 15 is 0 Å². The summed E-state index contributed by atoms with van der Waals surface area (Å²) < 4.78 is 1.79. The fraction of sp³-hybridized carbons (Fsp3) is 0.308. The molecule has 0 N–H and O–H groups in total. The van der Waals surface area contributed by atoms with Gasteiger partial charge in [0.05, 0.1) is 0 Å². The molecule has 1 aliphatic carbocycles.